The van der Waals surface area contributed by atoms with Crippen molar-refractivity contribution in [3.63, 3.8) is 0 Å². The van der Waals surface area contributed by atoms with Crippen LogP contribution in [0.15, 0.2) is 23.1 Å². The molecule has 0 aliphatic carbocycles. The molecule has 0 amide bonds. The standard InChI is InChI=1S/C15H19NO6S/c1-20-15(17)12-4-2-3-7-16(12)23(18,19)11-5-6-13-14(10-11)22-9-8-21-13/h5-6,10,12H,2-4,7-9H2,1H3/t12-/m1/s1. The Kier molecular flexibility index (Phi) is 4.45. The zero-order valence-electron chi connectivity index (χ0n) is 12.9. The molecule has 0 unspecified atom stereocenters. The molecule has 1 saturated heterocycles. The number of carbonyl (C=O) groups is 1. The smallest absolute Gasteiger partial charge is 0.324 e. The number of esters is 1. The van der Waals surface area contributed by atoms with Gasteiger partial charge in [0, 0.05) is 12.6 Å². The van der Waals surface area contributed by atoms with Crippen molar-refractivity contribution in [1.82, 2.24) is 4.31 Å². The molecular weight excluding hydrogens is 322 g/mol. The van der Waals surface area contributed by atoms with Gasteiger partial charge in [-0.15, -0.1) is 0 Å². The quantitative estimate of drug-likeness (QED) is 0.768. The van der Waals surface area contributed by atoms with Crippen LogP contribution in [-0.2, 0) is 19.6 Å². The van der Waals surface area contributed by atoms with Crippen molar-refractivity contribution >= 4 is 16.0 Å². The van der Waals surface area contributed by atoms with Gasteiger partial charge in [0.1, 0.15) is 19.3 Å². The molecule has 23 heavy (non-hydrogen) atoms. The molecule has 126 valence electrons. The highest BCUT2D eigenvalue weighted by Crippen LogP contribution is 2.34. The Morgan fingerprint density at radius 3 is 2.70 bits per heavy atom. The van der Waals surface area contributed by atoms with Crippen LogP contribution in [0.2, 0.25) is 0 Å². The predicted octanol–water partition coefficient (Wildman–Crippen LogP) is 1.17. The van der Waals surface area contributed by atoms with Crippen molar-refractivity contribution < 1.29 is 27.4 Å². The van der Waals surface area contributed by atoms with Gasteiger partial charge in [-0.2, -0.15) is 4.31 Å². The lowest BCUT2D eigenvalue weighted by Crippen LogP contribution is -2.48. The predicted molar refractivity (Wildman–Crippen MR) is 81.0 cm³/mol. The van der Waals surface area contributed by atoms with E-state index >= 15 is 0 Å². The first kappa shape index (κ1) is 16.1. The average molecular weight is 341 g/mol. The molecule has 1 fully saturated rings. The third-order valence-corrected chi connectivity index (χ3v) is 5.95. The van der Waals surface area contributed by atoms with E-state index in [0.29, 0.717) is 37.7 Å². The molecule has 0 radical (unpaired) electrons. The SMILES string of the molecule is COC(=O)[C@H]1CCCCN1S(=O)(=O)c1ccc2c(c1)OCCO2. The van der Waals surface area contributed by atoms with Crippen LogP contribution in [0.25, 0.3) is 0 Å². The molecule has 0 N–H and O–H groups in total. The number of hydrogen-bond donors (Lipinski definition) is 0. The second-order valence-electron chi connectivity index (χ2n) is 5.46. The Labute approximate surface area is 135 Å². The summed E-state index contributed by atoms with van der Waals surface area (Å²) in [5, 5.41) is 0. The maximum atomic E-state index is 12.9. The second-order valence-corrected chi connectivity index (χ2v) is 7.35. The van der Waals surface area contributed by atoms with Crippen LogP contribution in [0.1, 0.15) is 19.3 Å². The Morgan fingerprint density at radius 1 is 1.22 bits per heavy atom. The van der Waals surface area contributed by atoms with Gasteiger partial charge in [0.2, 0.25) is 10.0 Å². The lowest BCUT2D eigenvalue weighted by molar-refractivity contribution is -0.146. The highest BCUT2D eigenvalue weighted by Gasteiger charge is 2.38. The summed E-state index contributed by atoms with van der Waals surface area (Å²) in [6, 6.07) is 3.74. The summed E-state index contributed by atoms with van der Waals surface area (Å²) in [6.07, 6.45) is 1.99. The van der Waals surface area contributed by atoms with Gasteiger partial charge in [-0.05, 0) is 31.4 Å². The van der Waals surface area contributed by atoms with E-state index in [0.717, 1.165) is 12.8 Å². The number of sulfonamides is 1. The first-order chi connectivity index (χ1) is 11.0. The molecule has 1 atom stereocenters. The normalized spacial score (nSPS) is 21.7. The van der Waals surface area contributed by atoms with E-state index in [1.165, 1.54) is 23.5 Å². The molecule has 1 aromatic carbocycles. The lowest BCUT2D eigenvalue weighted by atomic mass is 10.1. The fourth-order valence-electron chi connectivity index (χ4n) is 2.88. The Morgan fingerprint density at radius 2 is 1.96 bits per heavy atom. The number of fused-ring (bicyclic) bond motifs is 1. The number of carbonyl (C=O) groups excluding carboxylic acids is 1. The van der Waals surface area contributed by atoms with Crippen molar-refractivity contribution in [2.24, 2.45) is 0 Å². The lowest BCUT2D eigenvalue weighted by Gasteiger charge is -2.32. The van der Waals surface area contributed by atoms with Crippen LogP contribution >= 0.6 is 0 Å². The molecule has 2 aliphatic heterocycles. The summed E-state index contributed by atoms with van der Waals surface area (Å²) in [4.78, 5) is 12.0. The largest absolute Gasteiger partial charge is 0.486 e. The molecule has 2 heterocycles. The maximum Gasteiger partial charge on any atom is 0.324 e. The van der Waals surface area contributed by atoms with Crippen molar-refractivity contribution in [3.8, 4) is 11.5 Å². The van der Waals surface area contributed by atoms with E-state index in [-0.39, 0.29) is 4.90 Å². The van der Waals surface area contributed by atoms with Crippen molar-refractivity contribution in [1.29, 1.82) is 0 Å². The van der Waals surface area contributed by atoms with Gasteiger partial charge < -0.3 is 14.2 Å². The molecule has 7 nitrogen and oxygen atoms in total. The Bertz CT molecular complexity index is 702. The molecule has 0 bridgehead atoms. The van der Waals surface area contributed by atoms with Crippen LogP contribution < -0.4 is 9.47 Å². The zero-order chi connectivity index (χ0) is 16.4. The highest BCUT2D eigenvalue weighted by molar-refractivity contribution is 7.89. The van der Waals surface area contributed by atoms with E-state index in [1.807, 2.05) is 0 Å². The van der Waals surface area contributed by atoms with Crippen molar-refractivity contribution in [2.45, 2.75) is 30.2 Å². The van der Waals surface area contributed by atoms with E-state index in [4.69, 9.17) is 14.2 Å². The van der Waals surface area contributed by atoms with Gasteiger partial charge in [0.05, 0.1) is 12.0 Å². The van der Waals surface area contributed by atoms with Gasteiger partial charge in [-0.25, -0.2) is 8.42 Å². The third-order valence-electron chi connectivity index (χ3n) is 4.05. The van der Waals surface area contributed by atoms with Gasteiger partial charge in [0.25, 0.3) is 0 Å². The number of piperidine rings is 1. The Hall–Kier alpha value is -1.80. The zero-order valence-corrected chi connectivity index (χ0v) is 13.7. The fraction of sp³-hybridized carbons (Fsp3) is 0.533. The van der Waals surface area contributed by atoms with E-state index in [9.17, 15) is 13.2 Å². The molecule has 8 heteroatoms. The minimum absolute atomic E-state index is 0.0950. The maximum absolute atomic E-state index is 12.9. The molecule has 2 aliphatic rings. The van der Waals surface area contributed by atoms with Gasteiger partial charge >= 0.3 is 5.97 Å². The summed E-state index contributed by atoms with van der Waals surface area (Å²) in [6.45, 7) is 1.12. The van der Waals surface area contributed by atoms with Crippen LogP contribution in [0, 0.1) is 0 Å². The molecule has 0 saturated carbocycles. The number of benzene rings is 1. The van der Waals surface area contributed by atoms with Crippen LogP contribution in [0.5, 0.6) is 11.5 Å². The monoisotopic (exact) mass is 341 g/mol. The first-order valence-corrected chi connectivity index (χ1v) is 8.97. The number of rotatable bonds is 3. The van der Waals surface area contributed by atoms with E-state index in [2.05, 4.69) is 0 Å². The van der Waals surface area contributed by atoms with Gasteiger partial charge in [-0.1, -0.05) is 0 Å². The van der Waals surface area contributed by atoms with Gasteiger partial charge in [-0.3, -0.25) is 4.79 Å². The van der Waals surface area contributed by atoms with Gasteiger partial charge in [0.15, 0.2) is 11.5 Å². The molecule has 0 spiro atoms. The summed E-state index contributed by atoms with van der Waals surface area (Å²) >= 11 is 0. The summed E-state index contributed by atoms with van der Waals surface area (Å²) in [7, 11) is -2.53. The average Bonchev–Trinajstić information content (AvgIpc) is 2.60. The first-order valence-electron chi connectivity index (χ1n) is 7.53. The molecular formula is C15H19NO6S. The minimum atomic E-state index is -3.80. The van der Waals surface area contributed by atoms with Crippen LogP contribution in [0.3, 0.4) is 0 Å². The van der Waals surface area contributed by atoms with E-state index in [1.54, 1.807) is 6.07 Å². The second kappa shape index (κ2) is 6.37. The number of ether oxygens (including phenoxy) is 3. The highest BCUT2D eigenvalue weighted by atomic mass is 32.2. The summed E-state index contributed by atoms with van der Waals surface area (Å²) in [5.74, 6) is 0.410. The van der Waals surface area contributed by atoms with Crippen LogP contribution in [0.4, 0.5) is 0 Å². The topological polar surface area (TPSA) is 82.1 Å². The fourth-order valence-corrected chi connectivity index (χ4v) is 4.55. The van der Waals surface area contributed by atoms with Crippen molar-refractivity contribution in [2.75, 3.05) is 26.9 Å². The van der Waals surface area contributed by atoms with E-state index < -0.39 is 22.0 Å². The molecule has 1 aromatic rings. The molecule has 0 aromatic heterocycles. The van der Waals surface area contributed by atoms with Crippen LogP contribution in [-0.4, -0.2) is 51.6 Å². The third kappa shape index (κ3) is 3.00. The minimum Gasteiger partial charge on any atom is -0.486 e. The summed E-state index contributed by atoms with van der Waals surface area (Å²) < 4.78 is 42.7. The van der Waals surface area contributed by atoms with Crippen molar-refractivity contribution in [3.05, 3.63) is 18.2 Å². The number of hydrogen-bond acceptors (Lipinski definition) is 6. The number of methoxy groups -OCH3 is 1. The number of nitrogens with zero attached hydrogens (tertiary/aromatic N) is 1. The summed E-state index contributed by atoms with van der Waals surface area (Å²) in [5.41, 5.74) is 0. The molecule has 3 rings (SSSR count). The Balaban J connectivity index is 1.95.